The number of hydrogen-bond donors (Lipinski definition) is 1. The van der Waals surface area contributed by atoms with Crippen molar-refractivity contribution in [1.29, 1.82) is 0 Å². The van der Waals surface area contributed by atoms with Crippen LogP contribution in [0.3, 0.4) is 0 Å². The van der Waals surface area contributed by atoms with E-state index in [1.54, 1.807) is 4.90 Å². The molecule has 0 radical (unpaired) electrons. The number of nitrogens with zero attached hydrogens (tertiary/aromatic N) is 1. The number of hydrogen-bond acceptors (Lipinski definition) is 2. The third-order valence-electron chi connectivity index (χ3n) is 4.12. The van der Waals surface area contributed by atoms with E-state index in [9.17, 15) is 4.79 Å². The number of H-pyrrole nitrogens is 1. The maximum Gasteiger partial charge on any atom is 0.228 e. The van der Waals surface area contributed by atoms with E-state index < -0.39 is 0 Å². The van der Waals surface area contributed by atoms with Crippen molar-refractivity contribution in [3.8, 4) is 0 Å². The quantitative estimate of drug-likeness (QED) is 0.933. The summed E-state index contributed by atoms with van der Waals surface area (Å²) >= 11 is 0. The Morgan fingerprint density at radius 3 is 2.95 bits per heavy atom. The first kappa shape index (κ1) is 13.2. The van der Waals surface area contributed by atoms with Gasteiger partial charge < -0.3 is 14.6 Å². The maximum atomic E-state index is 12.3. The highest BCUT2D eigenvalue weighted by Gasteiger charge is 2.26. The molecule has 2 heterocycles. The molecule has 2 aromatic rings. The van der Waals surface area contributed by atoms with Crippen LogP contribution in [0.1, 0.15) is 17.7 Å². The number of para-hydroxylation sites is 1. The van der Waals surface area contributed by atoms with Gasteiger partial charge in [-0.05, 0) is 25.0 Å². The summed E-state index contributed by atoms with van der Waals surface area (Å²) in [6, 6.07) is 8.24. The first-order chi connectivity index (χ1) is 9.66. The lowest BCUT2D eigenvalue weighted by Gasteiger charge is -2.20. The van der Waals surface area contributed by atoms with Gasteiger partial charge in [0.25, 0.3) is 0 Å². The highest BCUT2D eigenvalue weighted by Crippen LogP contribution is 2.23. The van der Waals surface area contributed by atoms with Crippen LogP contribution in [0.2, 0.25) is 0 Å². The van der Waals surface area contributed by atoms with Crippen molar-refractivity contribution in [3.63, 3.8) is 0 Å². The maximum absolute atomic E-state index is 12.3. The number of carbonyl (C=O) groups excluding carboxylic acids is 1. The Morgan fingerprint density at radius 1 is 1.45 bits per heavy atom. The Balaban J connectivity index is 1.78. The second-order valence-corrected chi connectivity index (χ2v) is 5.53. The van der Waals surface area contributed by atoms with Crippen molar-refractivity contribution in [2.24, 2.45) is 5.92 Å². The minimum atomic E-state index is 0.0321. The van der Waals surface area contributed by atoms with Gasteiger partial charge in [-0.3, -0.25) is 4.79 Å². The second kappa shape index (κ2) is 5.29. The number of carbonyl (C=O) groups is 1. The van der Waals surface area contributed by atoms with Crippen molar-refractivity contribution in [3.05, 3.63) is 35.5 Å². The second-order valence-electron chi connectivity index (χ2n) is 5.53. The van der Waals surface area contributed by atoms with E-state index in [0.29, 0.717) is 19.8 Å². The number of benzene rings is 1. The van der Waals surface area contributed by atoms with Crippen LogP contribution in [0, 0.1) is 12.8 Å². The molecule has 1 saturated heterocycles. The molecule has 4 heteroatoms. The van der Waals surface area contributed by atoms with Gasteiger partial charge in [-0.2, -0.15) is 0 Å². The Kier molecular flexibility index (Phi) is 3.49. The summed E-state index contributed by atoms with van der Waals surface area (Å²) in [5.74, 6) is 0.213. The van der Waals surface area contributed by atoms with Gasteiger partial charge in [-0.25, -0.2) is 0 Å². The van der Waals surface area contributed by atoms with Crippen molar-refractivity contribution in [2.45, 2.75) is 19.9 Å². The number of rotatable bonds is 3. The monoisotopic (exact) mass is 272 g/mol. The van der Waals surface area contributed by atoms with Gasteiger partial charge in [0.05, 0.1) is 19.1 Å². The Labute approximate surface area is 118 Å². The molecule has 0 unspecified atom stereocenters. The van der Waals surface area contributed by atoms with Crippen molar-refractivity contribution in [2.75, 3.05) is 20.3 Å². The average molecular weight is 272 g/mol. The normalized spacial score (nSPS) is 18.6. The van der Waals surface area contributed by atoms with Crippen LogP contribution in [-0.4, -0.2) is 36.1 Å². The van der Waals surface area contributed by atoms with E-state index >= 15 is 0 Å². The predicted octanol–water partition coefficient (Wildman–Crippen LogP) is 2.47. The van der Waals surface area contributed by atoms with E-state index in [4.69, 9.17) is 4.74 Å². The molecule has 1 aromatic carbocycles. The van der Waals surface area contributed by atoms with Crippen LogP contribution in [0.4, 0.5) is 0 Å². The molecule has 3 rings (SSSR count). The Morgan fingerprint density at radius 2 is 2.25 bits per heavy atom. The lowest BCUT2D eigenvalue weighted by molar-refractivity contribution is -0.134. The molecule has 1 aromatic heterocycles. The zero-order chi connectivity index (χ0) is 14.1. The van der Waals surface area contributed by atoms with E-state index in [2.05, 4.69) is 24.0 Å². The number of fused-ring (bicyclic) bond motifs is 1. The average Bonchev–Trinajstić information content (AvgIpc) is 3.08. The van der Waals surface area contributed by atoms with Crippen LogP contribution in [-0.2, 0) is 16.1 Å². The lowest BCUT2D eigenvalue weighted by atomic mass is 10.1. The van der Waals surface area contributed by atoms with Gasteiger partial charge in [0, 0.05) is 30.3 Å². The molecule has 1 atom stereocenters. The van der Waals surface area contributed by atoms with Crippen LogP contribution >= 0.6 is 0 Å². The molecule has 0 saturated carbocycles. The molecule has 4 nitrogen and oxygen atoms in total. The van der Waals surface area contributed by atoms with E-state index in [0.717, 1.165) is 17.6 Å². The fourth-order valence-electron chi connectivity index (χ4n) is 2.85. The van der Waals surface area contributed by atoms with Gasteiger partial charge in [0.15, 0.2) is 0 Å². The largest absolute Gasteiger partial charge is 0.381 e. The summed E-state index contributed by atoms with van der Waals surface area (Å²) in [6.45, 7) is 3.99. The number of aryl methyl sites for hydroxylation is 1. The van der Waals surface area contributed by atoms with E-state index in [1.807, 2.05) is 19.2 Å². The number of amides is 1. The summed E-state index contributed by atoms with van der Waals surface area (Å²) < 4.78 is 5.30. The first-order valence-electron chi connectivity index (χ1n) is 7.05. The fraction of sp³-hybridized carbons (Fsp3) is 0.438. The highest BCUT2D eigenvalue weighted by atomic mass is 16.5. The standard InChI is InChI=1S/C16H20N2O2/c1-11-13-5-3-4-6-14(13)17-15(11)9-18(2)16(19)12-7-8-20-10-12/h3-6,12,17H,7-10H2,1-2H3/t12-/m0/s1. The van der Waals surface area contributed by atoms with Crippen LogP contribution < -0.4 is 0 Å². The third-order valence-corrected chi connectivity index (χ3v) is 4.12. The molecular formula is C16H20N2O2. The predicted molar refractivity (Wildman–Crippen MR) is 78.4 cm³/mol. The molecule has 0 bridgehead atoms. The van der Waals surface area contributed by atoms with E-state index in [-0.39, 0.29) is 11.8 Å². The van der Waals surface area contributed by atoms with Gasteiger partial charge in [0.1, 0.15) is 0 Å². The molecule has 0 aliphatic carbocycles. The molecule has 20 heavy (non-hydrogen) atoms. The fourth-order valence-corrected chi connectivity index (χ4v) is 2.85. The van der Waals surface area contributed by atoms with Gasteiger partial charge in [-0.15, -0.1) is 0 Å². The topological polar surface area (TPSA) is 45.3 Å². The minimum absolute atomic E-state index is 0.0321. The van der Waals surface area contributed by atoms with Crippen molar-refractivity contribution >= 4 is 16.8 Å². The lowest BCUT2D eigenvalue weighted by Crippen LogP contribution is -2.33. The van der Waals surface area contributed by atoms with Crippen LogP contribution in [0.25, 0.3) is 10.9 Å². The minimum Gasteiger partial charge on any atom is -0.381 e. The smallest absolute Gasteiger partial charge is 0.228 e. The number of nitrogens with one attached hydrogen (secondary N) is 1. The van der Waals surface area contributed by atoms with Crippen molar-refractivity contribution < 1.29 is 9.53 Å². The molecular weight excluding hydrogens is 252 g/mol. The van der Waals surface area contributed by atoms with Crippen LogP contribution in [0.15, 0.2) is 24.3 Å². The highest BCUT2D eigenvalue weighted by molar-refractivity contribution is 5.84. The summed E-state index contributed by atoms with van der Waals surface area (Å²) in [5.41, 5.74) is 3.47. The molecule has 1 aliphatic heterocycles. The van der Waals surface area contributed by atoms with Crippen LogP contribution in [0.5, 0.6) is 0 Å². The molecule has 1 amide bonds. The summed E-state index contributed by atoms with van der Waals surface area (Å²) in [6.07, 6.45) is 0.842. The molecule has 1 N–H and O–H groups in total. The van der Waals surface area contributed by atoms with Gasteiger partial charge in [0.2, 0.25) is 5.91 Å². The molecule has 1 fully saturated rings. The number of aromatic nitrogens is 1. The molecule has 0 spiro atoms. The SMILES string of the molecule is Cc1c(CN(C)C(=O)[C@H]2CCOC2)[nH]c2ccccc12. The first-order valence-corrected chi connectivity index (χ1v) is 7.05. The number of aromatic amines is 1. The summed E-state index contributed by atoms with van der Waals surface area (Å²) in [4.78, 5) is 17.5. The summed E-state index contributed by atoms with van der Waals surface area (Å²) in [5, 5.41) is 1.23. The Hall–Kier alpha value is -1.81. The number of ether oxygens (including phenoxy) is 1. The van der Waals surface area contributed by atoms with Crippen molar-refractivity contribution in [1.82, 2.24) is 9.88 Å². The molecule has 106 valence electrons. The van der Waals surface area contributed by atoms with E-state index in [1.165, 1.54) is 10.9 Å². The zero-order valence-electron chi connectivity index (χ0n) is 12.0. The third kappa shape index (κ3) is 2.31. The van der Waals surface area contributed by atoms with Gasteiger partial charge >= 0.3 is 0 Å². The Bertz CT molecular complexity index is 626. The van der Waals surface area contributed by atoms with Gasteiger partial charge in [-0.1, -0.05) is 18.2 Å². The molecule has 1 aliphatic rings. The summed E-state index contributed by atoms with van der Waals surface area (Å²) in [7, 11) is 1.87. The zero-order valence-corrected chi connectivity index (χ0v) is 12.0.